The lowest BCUT2D eigenvalue weighted by atomic mass is 10.0. The Bertz CT molecular complexity index is 1580. The molecule has 1 aliphatic rings. The van der Waals surface area contributed by atoms with Crippen molar-refractivity contribution in [3.8, 4) is 23.0 Å². The van der Waals surface area contributed by atoms with Crippen LogP contribution in [0, 0.1) is 13.8 Å². The van der Waals surface area contributed by atoms with Crippen LogP contribution in [0.4, 0.5) is 11.4 Å². The molecule has 0 saturated carbocycles. The van der Waals surface area contributed by atoms with Crippen molar-refractivity contribution in [2.75, 3.05) is 64.7 Å². The zero-order valence-electron chi connectivity index (χ0n) is 30.0. The Balaban J connectivity index is 1.65. The fourth-order valence-electron chi connectivity index (χ4n) is 6.09. The van der Waals surface area contributed by atoms with Crippen molar-refractivity contribution in [2.45, 2.75) is 58.9 Å². The van der Waals surface area contributed by atoms with E-state index in [2.05, 4.69) is 10.6 Å². The maximum Gasteiger partial charge on any atom is 0.333 e. The van der Waals surface area contributed by atoms with Crippen LogP contribution in [-0.4, -0.2) is 110 Å². The number of amides is 2. The molecule has 0 spiro atoms. The lowest BCUT2D eigenvalue weighted by Gasteiger charge is -2.32. The van der Waals surface area contributed by atoms with E-state index in [9.17, 15) is 34.2 Å². The van der Waals surface area contributed by atoms with Crippen LogP contribution < -0.4 is 29.6 Å². The molecule has 0 bridgehead atoms. The Labute approximate surface area is 297 Å². The second kappa shape index (κ2) is 19.3. The Morgan fingerprint density at radius 2 is 1.37 bits per heavy atom. The van der Waals surface area contributed by atoms with E-state index < -0.39 is 23.9 Å². The largest absolute Gasteiger partial charge is 0.496 e. The summed E-state index contributed by atoms with van der Waals surface area (Å²) in [7, 11) is 4.45. The standard InChI is InChI=1S/C36H48N4O11/c1-22-16-26(51-24(3)41)17-23(2)34(22)37-31(42)11-8-14-40-15-9-13-39(21-28(40)27(36(46)47)20-33(44)45)12-7-10-32(43)38-35-29(49-5)18-25(48-4)19-30(35)50-6/h16-20,28H,7-15,21H2,1-6H3,(H,37,42)(H,38,43)(H,44,45)(H,46,47)/b27-20+. The number of carbonyl (C=O) groups excluding carboxylic acids is 3. The second-order valence-electron chi connectivity index (χ2n) is 12.2. The van der Waals surface area contributed by atoms with Crippen LogP contribution in [0.2, 0.25) is 0 Å². The van der Waals surface area contributed by atoms with Gasteiger partial charge in [-0.15, -0.1) is 0 Å². The molecule has 1 saturated heterocycles. The third-order valence-corrected chi connectivity index (χ3v) is 8.42. The number of aliphatic carboxylic acids is 2. The summed E-state index contributed by atoms with van der Waals surface area (Å²) in [5.74, 6) is -2.02. The molecule has 1 fully saturated rings. The Morgan fingerprint density at radius 1 is 0.804 bits per heavy atom. The quantitative estimate of drug-likeness (QED) is 0.105. The molecule has 1 aliphatic heterocycles. The van der Waals surface area contributed by atoms with Crippen LogP contribution in [0.3, 0.4) is 0 Å². The van der Waals surface area contributed by atoms with Crippen LogP contribution in [0.1, 0.15) is 50.2 Å². The highest BCUT2D eigenvalue weighted by Crippen LogP contribution is 2.39. The van der Waals surface area contributed by atoms with Crippen LogP contribution in [0.5, 0.6) is 23.0 Å². The smallest absolute Gasteiger partial charge is 0.333 e. The van der Waals surface area contributed by atoms with E-state index in [1.54, 1.807) is 38.1 Å². The SMILES string of the molecule is COc1cc(OC)c(NC(=O)CCCN2CCCN(CCCC(=O)Nc3c(C)cc(OC(C)=O)cc3C)C(/C(=C\C(=O)O)C(=O)O)C2)c(OC)c1. The molecule has 15 nitrogen and oxygen atoms in total. The molecule has 1 atom stereocenters. The Hall–Kier alpha value is -5.15. The first-order valence-electron chi connectivity index (χ1n) is 16.6. The van der Waals surface area contributed by atoms with Crippen LogP contribution >= 0.6 is 0 Å². The van der Waals surface area contributed by atoms with Crippen LogP contribution in [0.15, 0.2) is 35.9 Å². The summed E-state index contributed by atoms with van der Waals surface area (Å²) in [6.45, 7) is 7.05. The predicted octanol–water partition coefficient (Wildman–Crippen LogP) is 3.86. The molecule has 0 aliphatic carbocycles. The van der Waals surface area contributed by atoms with Gasteiger partial charge in [0.25, 0.3) is 0 Å². The van der Waals surface area contributed by atoms with Crippen molar-refractivity contribution in [3.05, 3.63) is 47.0 Å². The number of anilines is 2. The van der Waals surface area contributed by atoms with Gasteiger partial charge in [0.15, 0.2) is 0 Å². The molecule has 3 rings (SSSR count). The van der Waals surface area contributed by atoms with Gasteiger partial charge in [-0.1, -0.05) is 0 Å². The van der Waals surface area contributed by atoms with Crippen LogP contribution in [-0.2, 0) is 24.0 Å². The van der Waals surface area contributed by atoms with Crippen molar-refractivity contribution in [1.29, 1.82) is 0 Å². The van der Waals surface area contributed by atoms with E-state index in [-0.39, 0.29) is 36.8 Å². The lowest BCUT2D eigenvalue weighted by Crippen LogP contribution is -2.45. The van der Waals surface area contributed by atoms with Gasteiger partial charge in [0.2, 0.25) is 11.8 Å². The average Bonchev–Trinajstić information content (AvgIpc) is 3.26. The van der Waals surface area contributed by atoms with Gasteiger partial charge in [-0.2, -0.15) is 0 Å². The molecular weight excluding hydrogens is 664 g/mol. The number of esters is 1. The second-order valence-corrected chi connectivity index (χ2v) is 12.2. The lowest BCUT2D eigenvalue weighted by molar-refractivity contribution is -0.135. The topological polar surface area (TPSA) is 193 Å². The van der Waals surface area contributed by atoms with Gasteiger partial charge in [-0.05, 0) is 76.0 Å². The molecular formula is C36H48N4O11. The molecule has 15 heteroatoms. The maximum atomic E-state index is 12.9. The number of carboxylic acids is 2. The average molecular weight is 713 g/mol. The van der Waals surface area contributed by atoms with Crippen molar-refractivity contribution in [2.24, 2.45) is 0 Å². The molecule has 0 radical (unpaired) electrons. The number of carboxylic acid groups (broad SMARTS) is 2. The van der Waals surface area contributed by atoms with Gasteiger partial charge >= 0.3 is 17.9 Å². The van der Waals surface area contributed by atoms with E-state index >= 15 is 0 Å². The Morgan fingerprint density at radius 3 is 1.88 bits per heavy atom. The summed E-state index contributed by atoms with van der Waals surface area (Å²) in [6.07, 6.45) is 2.53. The first-order valence-corrected chi connectivity index (χ1v) is 16.6. The molecule has 51 heavy (non-hydrogen) atoms. The number of methoxy groups -OCH3 is 3. The summed E-state index contributed by atoms with van der Waals surface area (Å²) < 4.78 is 21.2. The number of nitrogens with zero attached hydrogens (tertiary/aromatic N) is 2. The van der Waals surface area contributed by atoms with Crippen molar-refractivity contribution in [1.82, 2.24) is 9.80 Å². The highest BCUT2D eigenvalue weighted by Gasteiger charge is 2.32. The highest BCUT2D eigenvalue weighted by molar-refractivity contribution is 5.96. The molecule has 2 aromatic carbocycles. The van der Waals surface area contributed by atoms with Crippen molar-refractivity contribution in [3.63, 3.8) is 0 Å². The number of benzene rings is 2. The summed E-state index contributed by atoms with van der Waals surface area (Å²) >= 11 is 0. The summed E-state index contributed by atoms with van der Waals surface area (Å²) in [5.41, 5.74) is 2.20. The third kappa shape index (κ3) is 12.0. The van der Waals surface area contributed by atoms with E-state index in [4.69, 9.17) is 18.9 Å². The number of hydrogen-bond acceptors (Lipinski definition) is 11. The minimum atomic E-state index is -1.37. The fraction of sp³-hybridized carbons (Fsp3) is 0.472. The van der Waals surface area contributed by atoms with Gasteiger partial charge < -0.3 is 44.7 Å². The molecule has 4 N–H and O–H groups in total. The minimum absolute atomic E-state index is 0.140. The first kappa shape index (κ1) is 40.3. The minimum Gasteiger partial charge on any atom is -0.496 e. The predicted molar refractivity (Wildman–Crippen MR) is 189 cm³/mol. The summed E-state index contributed by atoms with van der Waals surface area (Å²) in [4.78, 5) is 65.1. The Kier molecular flexibility index (Phi) is 15.2. The summed E-state index contributed by atoms with van der Waals surface area (Å²) in [5, 5.41) is 25.3. The molecule has 2 aromatic rings. The van der Waals surface area contributed by atoms with Gasteiger partial charge in [-0.3, -0.25) is 19.3 Å². The number of nitrogens with one attached hydrogen (secondary N) is 2. The zero-order valence-corrected chi connectivity index (χ0v) is 30.0. The van der Waals surface area contributed by atoms with E-state index in [1.807, 2.05) is 9.80 Å². The molecule has 278 valence electrons. The van der Waals surface area contributed by atoms with Crippen molar-refractivity contribution >= 4 is 41.1 Å². The number of hydrogen-bond donors (Lipinski definition) is 4. The zero-order chi connectivity index (χ0) is 37.7. The van der Waals surface area contributed by atoms with Gasteiger partial charge in [-0.25, -0.2) is 9.59 Å². The van der Waals surface area contributed by atoms with Gasteiger partial charge in [0, 0.05) is 56.8 Å². The van der Waals surface area contributed by atoms with Gasteiger partial charge in [0.1, 0.15) is 28.7 Å². The fourth-order valence-corrected chi connectivity index (χ4v) is 6.09. The maximum absolute atomic E-state index is 12.9. The normalized spacial score (nSPS) is 15.3. The molecule has 1 heterocycles. The van der Waals surface area contributed by atoms with Gasteiger partial charge in [0.05, 0.1) is 32.9 Å². The van der Waals surface area contributed by atoms with E-state index in [0.717, 1.165) is 17.2 Å². The summed E-state index contributed by atoms with van der Waals surface area (Å²) in [6, 6.07) is 5.84. The van der Waals surface area contributed by atoms with Crippen molar-refractivity contribution < 1.29 is 53.1 Å². The highest BCUT2D eigenvalue weighted by atomic mass is 16.5. The first-order chi connectivity index (χ1) is 24.3. The molecule has 0 aromatic heterocycles. The molecule has 1 unspecified atom stereocenters. The van der Waals surface area contributed by atoms with Crippen LogP contribution in [0.25, 0.3) is 0 Å². The number of ether oxygens (including phenoxy) is 4. The number of aryl methyl sites for hydroxylation is 2. The monoisotopic (exact) mass is 712 g/mol. The number of carbonyl (C=O) groups is 5. The van der Waals surface area contributed by atoms with E-state index in [1.165, 1.54) is 28.3 Å². The number of rotatable bonds is 17. The van der Waals surface area contributed by atoms with E-state index in [0.29, 0.717) is 79.8 Å². The third-order valence-electron chi connectivity index (χ3n) is 8.42. The molecule has 2 amide bonds.